The topological polar surface area (TPSA) is 52.0 Å². The summed E-state index contributed by atoms with van der Waals surface area (Å²) < 4.78 is 0. The first-order valence-corrected chi connectivity index (χ1v) is 2.27. The maximum absolute atomic E-state index is 5.35. The number of hydrogen-bond acceptors (Lipinski definition) is 2. The van der Waals surface area contributed by atoms with E-state index < -0.39 is 0 Å². The van der Waals surface area contributed by atoms with Crippen molar-refractivity contribution in [3.8, 4) is 0 Å². The van der Waals surface area contributed by atoms with E-state index >= 15 is 0 Å². The third-order valence-corrected chi connectivity index (χ3v) is 0.827. The fourth-order valence-corrected chi connectivity index (χ4v) is 0.167. The molecule has 8 heavy (non-hydrogen) atoms. The van der Waals surface area contributed by atoms with E-state index in [-0.39, 0.29) is 40.0 Å². The van der Waals surface area contributed by atoms with Gasteiger partial charge < -0.3 is 11.5 Å². The lowest BCUT2D eigenvalue weighted by Gasteiger charge is -1.99. The molecule has 0 aromatic carbocycles. The van der Waals surface area contributed by atoms with E-state index in [1.165, 1.54) is 0 Å². The van der Waals surface area contributed by atoms with Crippen molar-refractivity contribution in [1.29, 1.82) is 0 Å². The molecule has 0 heterocycles. The fraction of sp³-hybridized carbons (Fsp3) is 1.00. The van der Waals surface area contributed by atoms with Crippen LogP contribution in [0.15, 0.2) is 0 Å². The highest BCUT2D eigenvalue weighted by molar-refractivity contribution is 8.93. The Kier molecular flexibility index (Phi) is 21.5. The summed E-state index contributed by atoms with van der Waals surface area (Å²) in [5, 5.41) is 0. The molecule has 0 saturated carbocycles. The van der Waals surface area contributed by atoms with Gasteiger partial charge in [-0.2, -0.15) is 0 Å². The van der Waals surface area contributed by atoms with Gasteiger partial charge in [0.25, 0.3) is 0 Å². The van der Waals surface area contributed by atoms with Gasteiger partial charge in [0.2, 0.25) is 0 Å². The van der Waals surface area contributed by atoms with Gasteiger partial charge in [-0.25, -0.2) is 0 Å². The van der Waals surface area contributed by atoms with Crippen LogP contribution in [0.3, 0.4) is 0 Å². The molecule has 0 aromatic heterocycles. The molecule has 1 atom stereocenters. The average Bonchev–Trinajstić information content (AvgIpc) is 1.65. The Balaban J connectivity index is -0.000000125. The molecule has 0 rings (SSSR count). The Labute approximate surface area is 71.5 Å². The highest BCUT2D eigenvalue weighted by atomic mass is 79.9. The van der Waals surface area contributed by atoms with Crippen LogP contribution in [-0.2, 0) is 0 Å². The van der Waals surface area contributed by atoms with Crippen molar-refractivity contribution in [3.63, 3.8) is 0 Å². The molecule has 2 nitrogen and oxygen atoms in total. The monoisotopic (exact) mass is 248 g/mol. The van der Waals surface area contributed by atoms with E-state index in [1.807, 2.05) is 6.92 Å². The fourth-order valence-electron chi connectivity index (χ4n) is 0.167. The molecular formula is C4H14Br2N2. The molecule has 0 amide bonds. The maximum atomic E-state index is 5.35. The zero-order chi connectivity index (χ0) is 4.99. The third-order valence-electron chi connectivity index (χ3n) is 0.827. The molecule has 0 radical (unpaired) electrons. The molecule has 0 unspecified atom stereocenters. The smallest absolute Gasteiger partial charge is 0.0160 e. The number of halogens is 2. The Morgan fingerprint density at radius 2 is 1.75 bits per heavy atom. The number of rotatable bonds is 2. The molecule has 0 fully saturated rings. The lowest BCUT2D eigenvalue weighted by Crippen LogP contribution is -2.28. The second-order valence-electron chi connectivity index (χ2n) is 1.40. The maximum Gasteiger partial charge on any atom is 0.0160 e. The van der Waals surface area contributed by atoms with Crippen LogP contribution in [0.4, 0.5) is 0 Å². The third kappa shape index (κ3) is 9.99. The van der Waals surface area contributed by atoms with Crippen LogP contribution in [0.25, 0.3) is 0 Å². The van der Waals surface area contributed by atoms with Crippen LogP contribution >= 0.6 is 34.0 Å². The highest BCUT2D eigenvalue weighted by Gasteiger charge is 1.88. The van der Waals surface area contributed by atoms with Gasteiger partial charge in [-0.1, -0.05) is 6.92 Å². The van der Waals surface area contributed by atoms with E-state index in [9.17, 15) is 0 Å². The molecule has 0 spiro atoms. The zero-order valence-electron chi connectivity index (χ0n) is 4.96. The lowest BCUT2D eigenvalue weighted by molar-refractivity contribution is 0.660. The first-order valence-electron chi connectivity index (χ1n) is 2.27. The molecule has 0 aromatic rings. The summed E-state index contributed by atoms with van der Waals surface area (Å²) in [5.74, 6) is 0. The van der Waals surface area contributed by atoms with Gasteiger partial charge in [-0.15, -0.1) is 34.0 Å². The van der Waals surface area contributed by atoms with Crippen LogP contribution in [0, 0.1) is 0 Å². The zero-order valence-corrected chi connectivity index (χ0v) is 8.39. The minimum atomic E-state index is 0. The first-order chi connectivity index (χ1) is 2.81. The quantitative estimate of drug-likeness (QED) is 0.762. The second kappa shape index (κ2) is 10.8. The summed E-state index contributed by atoms with van der Waals surface area (Å²) in [7, 11) is 0. The van der Waals surface area contributed by atoms with E-state index in [0.29, 0.717) is 6.54 Å². The van der Waals surface area contributed by atoms with Crippen molar-refractivity contribution < 1.29 is 0 Å². The Hall–Kier alpha value is 0.880. The second-order valence-corrected chi connectivity index (χ2v) is 1.40. The van der Waals surface area contributed by atoms with E-state index in [1.54, 1.807) is 0 Å². The van der Waals surface area contributed by atoms with Gasteiger partial charge in [0.1, 0.15) is 0 Å². The van der Waals surface area contributed by atoms with E-state index in [0.717, 1.165) is 6.42 Å². The van der Waals surface area contributed by atoms with Gasteiger partial charge in [-0.3, -0.25) is 0 Å². The molecule has 0 saturated heterocycles. The molecule has 54 valence electrons. The Bertz CT molecular complexity index is 31.2. The molecule has 4 N–H and O–H groups in total. The van der Waals surface area contributed by atoms with Gasteiger partial charge in [-0.05, 0) is 6.42 Å². The molecule has 4 heteroatoms. The van der Waals surface area contributed by atoms with Crippen LogP contribution in [-0.4, -0.2) is 12.6 Å². The summed E-state index contributed by atoms with van der Waals surface area (Å²) in [6.07, 6.45) is 0.983. The summed E-state index contributed by atoms with van der Waals surface area (Å²) in [4.78, 5) is 0. The SMILES string of the molecule is Br.Br.CC[C@H](N)CN. The minimum Gasteiger partial charge on any atom is -0.329 e. The number of nitrogens with two attached hydrogens (primary N) is 2. The number of hydrogen-bond donors (Lipinski definition) is 2. The van der Waals surface area contributed by atoms with Crippen LogP contribution in [0.5, 0.6) is 0 Å². The van der Waals surface area contributed by atoms with Crippen molar-refractivity contribution >= 4 is 34.0 Å². The molecule has 0 aliphatic rings. The average molecular weight is 250 g/mol. The highest BCUT2D eigenvalue weighted by Crippen LogP contribution is 1.77. The van der Waals surface area contributed by atoms with Crippen molar-refractivity contribution in [2.75, 3.05) is 6.54 Å². The molecule has 0 aliphatic carbocycles. The predicted octanol–water partition coefficient (Wildman–Crippen LogP) is 0.838. The predicted molar refractivity (Wildman–Crippen MR) is 48.0 cm³/mol. The van der Waals surface area contributed by atoms with Crippen LogP contribution in [0.2, 0.25) is 0 Å². The van der Waals surface area contributed by atoms with E-state index in [2.05, 4.69) is 0 Å². The summed E-state index contributed by atoms with van der Waals surface area (Å²) in [6.45, 7) is 2.63. The van der Waals surface area contributed by atoms with E-state index in [4.69, 9.17) is 11.5 Å². The summed E-state index contributed by atoms with van der Waals surface area (Å²) in [6, 6.07) is 0.213. The molecule has 0 bridgehead atoms. The van der Waals surface area contributed by atoms with Crippen LogP contribution in [0.1, 0.15) is 13.3 Å². The van der Waals surface area contributed by atoms with Gasteiger partial charge in [0.15, 0.2) is 0 Å². The summed E-state index contributed by atoms with van der Waals surface area (Å²) >= 11 is 0. The summed E-state index contributed by atoms with van der Waals surface area (Å²) in [5.41, 5.74) is 10.5. The van der Waals surface area contributed by atoms with Crippen molar-refractivity contribution in [2.24, 2.45) is 11.5 Å². The van der Waals surface area contributed by atoms with Crippen molar-refractivity contribution in [1.82, 2.24) is 0 Å². The van der Waals surface area contributed by atoms with Gasteiger partial charge in [0.05, 0.1) is 0 Å². The van der Waals surface area contributed by atoms with Gasteiger partial charge >= 0.3 is 0 Å². The van der Waals surface area contributed by atoms with Gasteiger partial charge in [0, 0.05) is 12.6 Å². The Morgan fingerprint density at radius 3 is 1.75 bits per heavy atom. The Morgan fingerprint density at radius 1 is 1.38 bits per heavy atom. The standard InChI is InChI=1S/C4H12N2.2BrH/c1-2-4(6)3-5;;/h4H,2-3,5-6H2,1H3;2*1H/t4-;;/m0../s1. The molecular weight excluding hydrogens is 236 g/mol. The van der Waals surface area contributed by atoms with Crippen LogP contribution < -0.4 is 11.5 Å². The normalized spacial score (nSPS) is 10.9. The molecule has 0 aliphatic heterocycles. The van der Waals surface area contributed by atoms with Crippen molar-refractivity contribution in [3.05, 3.63) is 0 Å². The largest absolute Gasteiger partial charge is 0.329 e. The lowest BCUT2D eigenvalue weighted by atomic mass is 10.2. The van der Waals surface area contributed by atoms with Crippen molar-refractivity contribution in [2.45, 2.75) is 19.4 Å². The minimum absolute atomic E-state index is 0. The first kappa shape index (κ1) is 15.9.